The fourth-order valence-electron chi connectivity index (χ4n) is 1.80. The van der Waals surface area contributed by atoms with E-state index in [1.165, 1.54) is 0 Å². The molecule has 0 saturated carbocycles. The fraction of sp³-hybridized carbons (Fsp3) is 0.188. The van der Waals surface area contributed by atoms with Crippen LogP contribution in [-0.2, 0) is 6.61 Å². The van der Waals surface area contributed by atoms with Gasteiger partial charge in [0.25, 0.3) is 0 Å². The van der Waals surface area contributed by atoms with E-state index in [1.54, 1.807) is 32.2 Å². The summed E-state index contributed by atoms with van der Waals surface area (Å²) in [5.41, 5.74) is 1.50. The lowest BCUT2D eigenvalue weighted by molar-refractivity contribution is 0.101. The lowest BCUT2D eigenvalue weighted by Crippen LogP contribution is -2.01. The van der Waals surface area contributed by atoms with Crippen molar-refractivity contribution >= 4 is 21.7 Å². The molecule has 0 saturated heterocycles. The molecule has 0 aliphatic carbocycles. The van der Waals surface area contributed by atoms with Gasteiger partial charge in [-0.05, 0) is 49.4 Å². The summed E-state index contributed by atoms with van der Waals surface area (Å²) >= 11 is 3.38. The molecular weight excluding hydrogens is 320 g/mol. The molecule has 4 heteroatoms. The predicted octanol–water partition coefficient (Wildman–Crippen LogP) is 4.24. The van der Waals surface area contributed by atoms with E-state index in [4.69, 9.17) is 9.47 Å². The molecule has 0 spiro atoms. The van der Waals surface area contributed by atoms with Crippen molar-refractivity contribution in [2.24, 2.45) is 0 Å². The van der Waals surface area contributed by atoms with Crippen molar-refractivity contribution in [2.45, 2.75) is 13.5 Å². The molecule has 0 atom stereocenters. The third kappa shape index (κ3) is 3.61. The number of hydrogen-bond donors (Lipinski definition) is 0. The monoisotopic (exact) mass is 334 g/mol. The summed E-state index contributed by atoms with van der Waals surface area (Å²) in [4.78, 5) is 11.4. The molecule has 0 aromatic heterocycles. The smallest absolute Gasteiger partial charge is 0.159 e. The molecule has 3 nitrogen and oxygen atoms in total. The van der Waals surface area contributed by atoms with Gasteiger partial charge in [-0.3, -0.25) is 4.79 Å². The minimum atomic E-state index is 0.0255. The van der Waals surface area contributed by atoms with Crippen LogP contribution in [0.2, 0.25) is 0 Å². The van der Waals surface area contributed by atoms with Crippen LogP contribution in [0.15, 0.2) is 46.9 Å². The Balaban J connectivity index is 2.16. The van der Waals surface area contributed by atoms with Crippen LogP contribution in [0.5, 0.6) is 11.5 Å². The van der Waals surface area contributed by atoms with Crippen molar-refractivity contribution in [3.63, 3.8) is 0 Å². The van der Waals surface area contributed by atoms with Gasteiger partial charge in [0.1, 0.15) is 18.1 Å². The average Bonchev–Trinajstić information content (AvgIpc) is 2.46. The van der Waals surface area contributed by atoms with Crippen LogP contribution in [0.3, 0.4) is 0 Å². The molecule has 2 aromatic carbocycles. The molecule has 0 unspecified atom stereocenters. The third-order valence-electron chi connectivity index (χ3n) is 2.89. The number of rotatable bonds is 5. The molecule has 2 rings (SSSR count). The third-order valence-corrected chi connectivity index (χ3v) is 3.42. The first kappa shape index (κ1) is 14.6. The Bertz CT molecular complexity index is 606. The zero-order valence-corrected chi connectivity index (χ0v) is 12.9. The van der Waals surface area contributed by atoms with Crippen molar-refractivity contribution in [2.75, 3.05) is 7.11 Å². The average molecular weight is 335 g/mol. The fourth-order valence-corrected chi connectivity index (χ4v) is 2.07. The zero-order chi connectivity index (χ0) is 14.5. The Kier molecular flexibility index (Phi) is 4.79. The van der Waals surface area contributed by atoms with Gasteiger partial charge < -0.3 is 9.47 Å². The minimum Gasteiger partial charge on any atom is -0.496 e. The minimum absolute atomic E-state index is 0.0255. The number of carbonyl (C=O) groups excluding carboxylic acids is 1. The maximum absolute atomic E-state index is 11.4. The number of halogens is 1. The van der Waals surface area contributed by atoms with Gasteiger partial charge in [0.05, 0.1) is 7.11 Å². The highest BCUT2D eigenvalue weighted by atomic mass is 79.9. The normalized spacial score (nSPS) is 10.2. The van der Waals surface area contributed by atoms with Crippen LogP contribution in [0.25, 0.3) is 0 Å². The Hall–Kier alpha value is -1.81. The second-order valence-electron chi connectivity index (χ2n) is 4.33. The van der Waals surface area contributed by atoms with E-state index in [0.29, 0.717) is 17.9 Å². The summed E-state index contributed by atoms with van der Waals surface area (Å²) in [7, 11) is 1.60. The van der Waals surface area contributed by atoms with E-state index >= 15 is 0 Å². The summed E-state index contributed by atoms with van der Waals surface area (Å²) in [6, 6.07) is 12.9. The highest BCUT2D eigenvalue weighted by Gasteiger charge is 2.08. The van der Waals surface area contributed by atoms with Crippen molar-refractivity contribution < 1.29 is 14.3 Å². The Morgan fingerprint density at radius 3 is 2.45 bits per heavy atom. The molecule has 104 valence electrons. The van der Waals surface area contributed by atoms with Crippen LogP contribution in [0.4, 0.5) is 0 Å². The molecule has 0 fully saturated rings. The Labute approximate surface area is 126 Å². The number of methoxy groups -OCH3 is 1. The van der Waals surface area contributed by atoms with Gasteiger partial charge in [-0.1, -0.05) is 15.9 Å². The molecule has 0 aliphatic heterocycles. The first-order chi connectivity index (χ1) is 9.60. The van der Waals surface area contributed by atoms with Gasteiger partial charge in [-0.15, -0.1) is 0 Å². The van der Waals surface area contributed by atoms with Gasteiger partial charge >= 0.3 is 0 Å². The molecule has 0 aliphatic rings. The zero-order valence-electron chi connectivity index (χ0n) is 11.4. The molecule has 0 radical (unpaired) electrons. The van der Waals surface area contributed by atoms with Crippen LogP contribution in [-0.4, -0.2) is 12.9 Å². The van der Waals surface area contributed by atoms with Gasteiger partial charge in [0.2, 0.25) is 0 Å². The van der Waals surface area contributed by atoms with E-state index in [2.05, 4.69) is 15.9 Å². The molecule has 0 amide bonds. The topological polar surface area (TPSA) is 35.5 Å². The predicted molar refractivity (Wildman–Crippen MR) is 81.5 cm³/mol. The lowest BCUT2D eigenvalue weighted by Gasteiger charge is -2.11. The maximum Gasteiger partial charge on any atom is 0.159 e. The summed E-state index contributed by atoms with van der Waals surface area (Å²) in [5.74, 6) is 1.51. The number of ketones is 1. The molecule has 2 aromatic rings. The quantitative estimate of drug-likeness (QED) is 0.767. The lowest BCUT2D eigenvalue weighted by atomic mass is 10.1. The standard InChI is InChI=1S/C16H15BrO3/c1-11(18)12-3-8-16(19-2)13(9-12)10-20-15-6-4-14(17)5-7-15/h3-9H,10H2,1-2H3. The van der Waals surface area contributed by atoms with E-state index in [0.717, 1.165) is 15.8 Å². The Morgan fingerprint density at radius 1 is 1.15 bits per heavy atom. The largest absolute Gasteiger partial charge is 0.496 e. The number of hydrogen-bond acceptors (Lipinski definition) is 3. The van der Waals surface area contributed by atoms with Crippen LogP contribution in [0, 0.1) is 0 Å². The number of Topliss-reactive ketones (excluding diaryl/α,β-unsaturated/α-hetero) is 1. The highest BCUT2D eigenvalue weighted by Crippen LogP contribution is 2.23. The molecule has 20 heavy (non-hydrogen) atoms. The summed E-state index contributed by atoms with van der Waals surface area (Å²) in [6.07, 6.45) is 0. The summed E-state index contributed by atoms with van der Waals surface area (Å²) in [5, 5.41) is 0. The van der Waals surface area contributed by atoms with Gasteiger partial charge in [0.15, 0.2) is 5.78 Å². The SMILES string of the molecule is COc1ccc(C(C)=O)cc1COc1ccc(Br)cc1. The highest BCUT2D eigenvalue weighted by molar-refractivity contribution is 9.10. The second kappa shape index (κ2) is 6.57. The molecular formula is C16H15BrO3. The Morgan fingerprint density at radius 2 is 1.85 bits per heavy atom. The first-order valence-corrected chi connectivity index (χ1v) is 6.95. The first-order valence-electron chi connectivity index (χ1n) is 6.16. The number of ether oxygens (including phenoxy) is 2. The van der Waals surface area contributed by atoms with E-state index in [1.807, 2.05) is 24.3 Å². The van der Waals surface area contributed by atoms with Crippen molar-refractivity contribution in [1.82, 2.24) is 0 Å². The maximum atomic E-state index is 11.4. The van der Waals surface area contributed by atoms with Crippen LogP contribution < -0.4 is 9.47 Å². The van der Waals surface area contributed by atoms with E-state index in [-0.39, 0.29) is 5.78 Å². The summed E-state index contributed by atoms with van der Waals surface area (Å²) in [6.45, 7) is 1.90. The van der Waals surface area contributed by atoms with Crippen molar-refractivity contribution in [1.29, 1.82) is 0 Å². The second-order valence-corrected chi connectivity index (χ2v) is 5.24. The van der Waals surface area contributed by atoms with Crippen molar-refractivity contribution in [3.8, 4) is 11.5 Å². The molecule has 0 bridgehead atoms. The van der Waals surface area contributed by atoms with Crippen molar-refractivity contribution in [3.05, 3.63) is 58.1 Å². The van der Waals surface area contributed by atoms with E-state index in [9.17, 15) is 4.79 Å². The van der Waals surface area contributed by atoms with E-state index < -0.39 is 0 Å². The summed E-state index contributed by atoms with van der Waals surface area (Å²) < 4.78 is 12.0. The number of benzene rings is 2. The number of carbonyl (C=O) groups is 1. The van der Waals surface area contributed by atoms with Gasteiger partial charge in [-0.25, -0.2) is 0 Å². The van der Waals surface area contributed by atoms with Crippen LogP contribution in [0.1, 0.15) is 22.8 Å². The molecule has 0 heterocycles. The van der Waals surface area contributed by atoms with Crippen LogP contribution >= 0.6 is 15.9 Å². The van der Waals surface area contributed by atoms with Gasteiger partial charge in [0, 0.05) is 15.6 Å². The molecule has 0 N–H and O–H groups in total. The van der Waals surface area contributed by atoms with Gasteiger partial charge in [-0.2, -0.15) is 0 Å².